The molecule has 1 saturated heterocycles. The topological polar surface area (TPSA) is 20.3 Å². The molecular weight excluding hydrogens is 278 g/mol. The molecule has 1 aromatic carbocycles. The first-order valence-electron chi connectivity index (χ1n) is 6.16. The number of carbonyl (C=O) groups is 1. The van der Waals surface area contributed by atoms with Crippen molar-refractivity contribution in [2.45, 2.75) is 39.2 Å². The fraction of sp³-hybridized carbons (Fsp3) is 0.500. The summed E-state index contributed by atoms with van der Waals surface area (Å²) >= 11 is 3.43. The summed E-state index contributed by atoms with van der Waals surface area (Å²) in [5.41, 5.74) is 1.88. The van der Waals surface area contributed by atoms with Gasteiger partial charge >= 0.3 is 0 Å². The van der Waals surface area contributed by atoms with Crippen molar-refractivity contribution in [3.05, 3.63) is 33.8 Å². The highest BCUT2D eigenvalue weighted by Crippen LogP contribution is 2.22. The van der Waals surface area contributed by atoms with Crippen molar-refractivity contribution in [2.24, 2.45) is 0 Å². The predicted octanol–water partition coefficient (Wildman–Crippen LogP) is 3.77. The first-order valence-corrected chi connectivity index (χ1v) is 6.96. The minimum atomic E-state index is 0.183. The summed E-state index contributed by atoms with van der Waals surface area (Å²) in [4.78, 5) is 14.5. The average Bonchev–Trinajstić information content (AvgIpc) is 2.29. The van der Waals surface area contributed by atoms with Crippen LogP contribution >= 0.6 is 15.9 Å². The fourth-order valence-electron chi connectivity index (χ4n) is 2.42. The lowest BCUT2D eigenvalue weighted by Gasteiger charge is -2.33. The molecule has 0 unspecified atom stereocenters. The molecule has 0 aromatic heterocycles. The molecule has 17 heavy (non-hydrogen) atoms. The normalized spacial score (nSPS) is 20.4. The van der Waals surface area contributed by atoms with Crippen LogP contribution in [0.3, 0.4) is 0 Å². The lowest BCUT2D eigenvalue weighted by atomic mass is 10.0. The van der Waals surface area contributed by atoms with Gasteiger partial charge in [0, 0.05) is 22.6 Å². The number of rotatable bonds is 1. The molecule has 1 amide bonds. The van der Waals surface area contributed by atoms with Crippen molar-refractivity contribution < 1.29 is 4.79 Å². The second-order valence-corrected chi connectivity index (χ2v) is 5.72. The molecular formula is C14H18BrNO. The van der Waals surface area contributed by atoms with Gasteiger partial charge in [-0.05, 0) is 56.9 Å². The Balaban J connectivity index is 2.24. The summed E-state index contributed by atoms with van der Waals surface area (Å²) in [5.74, 6) is 0.183. The zero-order chi connectivity index (χ0) is 12.4. The summed E-state index contributed by atoms with van der Waals surface area (Å²) in [6.45, 7) is 5.04. The smallest absolute Gasteiger partial charge is 0.254 e. The van der Waals surface area contributed by atoms with Crippen molar-refractivity contribution in [1.29, 1.82) is 0 Å². The molecule has 1 atom stereocenters. The number of aryl methyl sites for hydroxylation is 1. The Bertz CT molecular complexity index is 430. The molecule has 1 aromatic rings. The number of hydrogen-bond donors (Lipinski definition) is 0. The Morgan fingerprint density at radius 3 is 2.82 bits per heavy atom. The van der Waals surface area contributed by atoms with Crippen LogP contribution < -0.4 is 0 Å². The highest BCUT2D eigenvalue weighted by Gasteiger charge is 2.24. The summed E-state index contributed by atoms with van der Waals surface area (Å²) in [6.07, 6.45) is 3.50. The maximum Gasteiger partial charge on any atom is 0.254 e. The molecule has 0 saturated carbocycles. The van der Waals surface area contributed by atoms with Gasteiger partial charge in [0.2, 0.25) is 0 Å². The van der Waals surface area contributed by atoms with Crippen molar-refractivity contribution in [2.75, 3.05) is 6.54 Å². The Morgan fingerprint density at radius 1 is 1.41 bits per heavy atom. The van der Waals surface area contributed by atoms with Gasteiger partial charge in [0.05, 0.1) is 0 Å². The predicted molar refractivity (Wildman–Crippen MR) is 73.2 cm³/mol. The summed E-state index contributed by atoms with van der Waals surface area (Å²) in [5, 5.41) is 0. The maximum absolute atomic E-state index is 12.5. The van der Waals surface area contributed by atoms with E-state index in [4.69, 9.17) is 0 Å². The highest BCUT2D eigenvalue weighted by molar-refractivity contribution is 9.10. The van der Waals surface area contributed by atoms with Gasteiger partial charge in [-0.15, -0.1) is 0 Å². The van der Waals surface area contributed by atoms with Crippen molar-refractivity contribution in [1.82, 2.24) is 4.90 Å². The second-order valence-electron chi connectivity index (χ2n) is 4.80. The third-order valence-electron chi connectivity index (χ3n) is 3.48. The van der Waals surface area contributed by atoms with Crippen LogP contribution in [0.4, 0.5) is 0 Å². The van der Waals surface area contributed by atoms with Gasteiger partial charge in [-0.1, -0.05) is 15.9 Å². The maximum atomic E-state index is 12.5. The lowest BCUT2D eigenvalue weighted by molar-refractivity contribution is 0.0635. The Hall–Kier alpha value is -0.830. The molecule has 1 aliphatic rings. The van der Waals surface area contributed by atoms with E-state index < -0.39 is 0 Å². The van der Waals surface area contributed by atoms with E-state index >= 15 is 0 Å². The standard InChI is InChI=1S/C14H18BrNO/c1-10-9-12(15)6-7-13(10)14(17)16-8-4-3-5-11(16)2/h6-7,9,11H,3-5,8H2,1-2H3/t11-/m0/s1. The zero-order valence-electron chi connectivity index (χ0n) is 10.4. The second kappa shape index (κ2) is 5.21. The van der Waals surface area contributed by atoms with Crippen LogP contribution in [0.2, 0.25) is 0 Å². The molecule has 1 aliphatic heterocycles. The lowest BCUT2D eigenvalue weighted by Crippen LogP contribution is -2.42. The number of likely N-dealkylation sites (tertiary alicyclic amines) is 1. The molecule has 1 fully saturated rings. The van der Waals surface area contributed by atoms with Crippen LogP contribution in [-0.4, -0.2) is 23.4 Å². The molecule has 2 rings (SSSR count). The van der Waals surface area contributed by atoms with Crippen LogP contribution in [-0.2, 0) is 0 Å². The monoisotopic (exact) mass is 295 g/mol. The minimum absolute atomic E-state index is 0.183. The van der Waals surface area contributed by atoms with Crippen molar-refractivity contribution >= 4 is 21.8 Å². The van der Waals surface area contributed by atoms with Gasteiger partial charge in [0.25, 0.3) is 5.91 Å². The van der Waals surface area contributed by atoms with E-state index in [0.29, 0.717) is 6.04 Å². The molecule has 0 aliphatic carbocycles. The summed E-state index contributed by atoms with van der Waals surface area (Å²) < 4.78 is 1.03. The quantitative estimate of drug-likeness (QED) is 0.772. The molecule has 2 nitrogen and oxygen atoms in total. The third kappa shape index (κ3) is 2.71. The molecule has 0 bridgehead atoms. The fourth-order valence-corrected chi connectivity index (χ4v) is 2.90. The number of carbonyl (C=O) groups excluding carboxylic acids is 1. The Morgan fingerprint density at radius 2 is 2.18 bits per heavy atom. The summed E-state index contributed by atoms with van der Waals surface area (Å²) in [7, 11) is 0. The largest absolute Gasteiger partial charge is 0.336 e. The third-order valence-corrected chi connectivity index (χ3v) is 3.98. The van der Waals surface area contributed by atoms with E-state index in [-0.39, 0.29) is 5.91 Å². The zero-order valence-corrected chi connectivity index (χ0v) is 12.0. The van der Waals surface area contributed by atoms with E-state index in [9.17, 15) is 4.79 Å². The van der Waals surface area contributed by atoms with Gasteiger partial charge in [-0.3, -0.25) is 4.79 Å². The van der Waals surface area contributed by atoms with Crippen LogP contribution in [0.5, 0.6) is 0 Å². The van der Waals surface area contributed by atoms with E-state index in [1.54, 1.807) is 0 Å². The van der Waals surface area contributed by atoms with E-state index in [1.807, 2.05) is 30.0 Å². The minimum Gasteiger partial charge on any atom is -0.336 e. The van der Waals surface area contributed by atoms with Crippen molar-refractivity contribution in [3.63, 3.8) is 0 Å². The number of amides is 1. The average molecular weight is 296 g/mol. The van der Waals surface area contributed by atoms with Gasteiger partial charge in [-0.25, -0.2) is 0 Å². The number of nitrogens with zero attached hydrogens (tertiary/aromatic N) is 1. The Kier molecular flexibility index (Phi) is 3.87. The van der Waals surface area contributed by atoms with E-state index in [0.717, 1.165) is 35.0 Å². The molecule has 0 radical (unpaired) electrons. The number of piperidine rings is 1. The van der Waals surface area contributed by atoms with Crippen molar-refractivity contribution in [3.8, 4) is 0 Å². The van der Waals surface area contributed by atoms with Crippen LogP contribution in [0.15, 0.2) is 22.7 Å². The van der Waals surface area contributed by atoms with E-state index in [2.05, 4.69) is 22.9 Å². The SMILES string of the molecule is Cc1cc(Br)ccc1C(=O)N1CCCC[C@@H]1C. The van der Waals surface area contributed by atoms with Gasteiger partial charge in [-0.2, -0.15) is 0 Å². The van der Waals surface area contributed by atoms with Crippen LogP contribution in [0.1, 0.15) is 42.1 Å². The number of halogens is 1. The van der Waals surface area contributed by atoms with Crippen LogP contribution in [0.25, 0.3) is 0 Å². The highest BCUT2D eigenvalue weighted by atomic mass is 79.9. The summed E-state index contributed by atoms with van der Waals surface area (Å²) in [6, 6.07) is 6.24. The van der Waals surface area contributed by atoms with Gasteiger partial charge in [0.1, 0.15) is 0 Å². The van der Waals surface area contributed by atoms with E-state index in [1.165, 1.54) is 6.42 Å². The molecule has 3 heteroatoms. The Labute approximate surface area is 111 Å². The number of benzene rings is 1. The molecule has 1 heterocycles. The van der Waals surface area contributed by atoms with Crippen LogP contribution in [0, 0.1) is 6.92 Å². The van der Waals surface area contributed by atoms with Gasteiger partial charge < -0.3 is 4.90 Å². The molecule has 0 N–H and O–H groups in total. The molecule has 92 valence electrons. The number of hydrogen-bond acceptors (Lipinski definition) is 1. The molecule has 0 spiro atoms. The first kappa shape index (κ1) is 12.6. The van der Waals surface area contributed by atoms with Gasteiger partial charge in [0.15, 0.2) is 0 Å². The first-order chi connectivity index (χ1) is 8.09.